The van der Waals surface area contributed by atoms with E-state index >= 15 is 0 Å². The van der Waals surface area contributed by atoms with Gasteiger partial charge >= 0.3 is 0 Å². The van der Waals surface area contributed by atoms with Gasteiger partial charge in [0.2, 0.25) is 5.91 Å². The van der Waals surface area contributed by atoms with Crippen LogP contribution in [0.25, 0.3) is 0 Å². The van der Waals surface area contributed by atoms with Crippen molar-refractivity contribution in [2.75, 3.05) is 6.54 Å². The molecule has 1 fully saturated rings. The Morgan fingerprint density at radius 1 is 1.50 bits per heavy atom. The number of aryl methyl sites for hydroxylation is 1. The van der Waals surface area contributed by atoms with Crippen LogP contribution in [0.4, 0.5) is 0 Å². The third-order valence-electron chi connectivity index (χ3n) is 3.73. The topological polar surface area (TPSA) is 51.0 Å². The van der Waals surface area contributed by atoms with E-state index in [2.05, 4.69) is 10.1 Å². The second-order valence-electron chi connectivity index (χ2n) is 5.09. The zero-order valence-corrected chi connectivity index (χ0v) is 12.1. The molecule has 6 heteroatoms. The van der Waals surface area contributed by atoms with Gasteiger partial charge in [-0.15, -0.1) is 11.3 Å². The highest BCUT2D eigenvalue weighted by atomic mass is 32.1. The molecule has 1 unspecified atom stereocenters. The SMILES string of the molecule is O=C(CCc1cscn1)N1CCCC1Cn1cccn1. The van der Waals surface area contributed by atoms with E-state index in [0.717, 1.165) is 38.0 Å². The predicted molar refractivity (Wildman–Crippen MR) is 77.4 cm³/mol. The first-order valence-electron chi connectivity index (χ1n) is 6.97. The van der Waals surface area contributed by atoms with E-state index in [4.69, 9.17) is 0 Å². The second kappa shape index (κ2) is 6.17. The number of amides is 1. The van der Waals surface area contributed by atoms with Crippen molar-refractivity contribution in [3.63, 3.8) is 0 Å². The average molecular weight is 290 g/mol. The Morgan fingerprint density at radius 2 is 2.45 bits per heavy atom. The van der Waals surface area contributed by atoms with Crippen LogP contribution in [-0.2, 0) is 17.8 Å². The molecule has 0 N–H and O–H groups in total. The van der Waals surface area contributed by atoms with Gasteiger partial charge < -0.3 is 4.90 Å². The standard InChI is InChI=1S/C14H18N4OS/c19-14(5-4-12-10-20-11-15-12)18-8-1-3-13(18)9-17-7-2-6-16-17/h2,6-7,10-11,13H,1,3-5,8-9H2. The summed E-state index contributed by atoms with van der Waals surface area (Å²) < 4.78 is 1.91. The minimum atomic E-state index is 0.243. The molecule has 1 aliphatic heterocycles. The van der Waals surface area contributed by atoms with Crippen molar-refractivity contribution in [2.24, 2.45) is 0 Å². The lowest BCUT2D eigenvalue weighted by Crippen LogP contribution is -2.38. The summed E-state index contributed by atoms with van der Waals surface area (Å²) >= 11 is 1.58. The van der Waals surface area contributed by atoms with Gasteiger partial charge in [0.05, 0.1) is 23.8 Å². The fourth-order valence-corrected chi connectivity index (χ4v) is 3.31. The zero-order chi connectivity index (χ0) is 13.8. The average Bonchev–Trinajstić information content (AvgIpc) is 3.19. The minimum Gasteiger partial charge on any atom is -0.338 e. The van der Waals surface area contributed by atoms with Crippen molar-refractivity contribution in [3.05, 3.63) is 35.0 Å². The largest absolute Gasteiger partial charge is 0.338 e. The summed E-state index contributed by atoms with van der Waals surface area (Å²) in [5, 5.41) is 6.24. The normalized spacial score (nSPS) is 18.6. The lowest BCUT2D eigenvalue weighted by Gasteiger charge is -2.24. The first-order chi connectivity index (χ1) is 9.83. The number of nitrogens with zero attached hydrogens (tertiary/aromatic N) is 4. The van der Waals surface area contributed by atoms with Gasteiger partial charge in [0, 0.05) is 30.7 Å². The molecule has 1 amide bonds. The maximum absolute atomic E-state index is 12.4. The van der Waals surface area contributed by atoms with Gasteiger partial charge in [0.25, 0.3) is 0 Å². The summed E-state index contributed by atoms with van der Waals surface area (Å²) in [6.45, 7) is 1.68. The van der Waals surface area contributed by atoms with E-state index in [0.29, 0.717) is 6.42 Å². The molecule has 106 valence electrons. The highest BCUT2D eigenvalue weighted by Crippen LogP contribution is 2.20. The van der Waals surface area contributed by atoms with Crippen LogP contribution in [0.1, 0.15) is 25.0 Å². The summed E-state index contributed by atoms with van der Waals surface area (Å²) in [5.74, 6) is 0.243. The summed E-state index contributed by atoms with van der Waals surface area (Å²) in [6, 6.07) is 2.21. The minimum absolute atomic E-state index is 0.243. The lowest BCUT2D eigenvalue weighted by molar-refractivity contribution is -0.132. The fourth-order valence-electron chi connectivity index (χ4n) is 2.72. The van der Waals surface area contributed by atoms with E-state index in [9.17, 15) is 4.79 Å². The third-order valence-corrected chi connectivity index (χ3v) is 4.37. The van der Waals surface area contributed by atoms with Crippen LogP contribution in [-0.4, -0.2) is 38.2 Å². The maximum Gasteiger partial charge on any atom is 0.223 e. The Labute approximate surface area is 122 Å². The number of carbonyl (C=O) groups excluding carboxylic acids is 1. The Morgan fingerprint density at radius 3 is 3.20 bits per heavy atom. The van der Waals surface area contributed by atoms with E-state index < -0.39 is 0 Å². The Balaban J connectivity index is 1.55. The van der Waals surface area contributed by atoms with Gasteiger partial charge in [-0.05, 0) is 25.3 Å². The van der Waals surface area contributed by atoms with Crippen LogP contribution in [0.15, 0.2) is 29.4 Å². The van der Waals surface area contributed by atoms with Crippen LogP contribution in [0.3, 0.4) is 0 Å². The van der Waals surface area contributed by atoms with Crippen molar-refractivity contribution in [2.45, 2.75) is 38.3 Å². The summed E-state index contributed by atoms with van der Waals surface area (Å²) in [7, 11) is 0. The molecule has 0 bridgehead atoms. The van der Waals surface area contributed by atoms with Crippen molar-refractivity contribution >= 4 is 17.2 Å². The van der Waals surface area contributed by atoms with E-state index in [1.54, 1.807) is 17.5 Å². The van der Waals surface area contributed by atoms with Gasteiger partial charge in [-0.1, -0.05) is 0 Å². The van der Waals surface area contributed by atoms with Crippen molar-refractivity contribution in [1.82, 2.24) is 19.7 Å². The zero-order valence-electron chi connectivity index (χ0n) is 11.3. The Bertz CT molecular complexity index is 538. The number of thiazole rings is 1. The number of hydrogen-bond donors (Lipinski definition) is 0. The Kier molecular flexibility index (Phi) is 4.11. The molecule has 3 heterocycles. The monoisotopic (exact) mass is 290 g/mol. The molecule has 1 aliphatic rings. The van der Waals surface area contributed by atoms with Crippen LogP contribution in [0.5, 0.6) is 0 Å². The van der Waals surface area contributed by atoms with Crippen LogP contribution >= 0.6 is 11.3 Å². The number of aromatic nitrogens is 3. The first kappa shape index (κ1) is 13.3. The molecular formula is C14H18N4OS. The number of hydrogen-bond acceptors (Lipinski definition) is 4. The molecular weight excluding hydrogens is 272 g/mol. The maximum atomic E-state index is 12.4. The highest BCUT2D eigenvalue weighted by Gasteiger charge is 2.28. The summed E-state index contributed by atoms with van der Waals surface area (Å²) in [5.41, 5.74) is 2.84. The molecule has 2 aromatic rings. The van der Waals surface area contributed by atoms with Gasteiger partial charge in [-0.2, -0.15) is 5.10 Å². The van der Waals surface area contributed by atoms with Gasteiger partial charge in [-0.25, -0.2) is 4.98 Å². The van der Waals surface area contributed by atoms with E-state index in [-0.39, 0.29) is 11.9 Å². The lowest BCUT2D eigenvalue weighted by atomic mass is 10.2. The van der Waals surface area contributed by atoms with Crippen LogP contribution in [0, 0.1) is 0 Å². The smallest absolute Gasteiger partial charge is 0.223 e. The molecule has 2 aromatic heterocycles. The first-order valence-corrected chi connectivity index (χ1v) is 7.91. The molecule has 20 heavy (non-hydrogen) atoms. The van der Waals surface area contributed by atoms with Gasteiger partial charge in [0.15, 0.2) is 0 Å². The number of rotatable bonds is 5. The predicted octanol–water partition coefficient (Wildman–Crippen LogP) is 1.96. The van der Waals surface area contributed by atoms with Crippen molar-refractivity contribution < 1.29 is 4.79 Å². The fraction of sp³-hybridized carbons (Fsp3) is 0.500. The highest BCUT2D eigenvalue weighted by molar-refractivity contribution is 7.07. The van der Waals surface area contributed by atoms with Gasteiger partial charge in [0.1, 0.15) is 0 Å². The summed E-state index contributed by atoms with van der Waals surface area (Å²) in [6.07, 6.45) is 7.20. The molecule has 0 radical (unpaired) electrons. The van der Waals surface area contributed by atoms with Gasteiger partial charge in [-0.3, -0.25) is 9.48 Å². The summed E-state index contributed by atoms with van der Waals surface area (Å²) in [4.78, 5) is 18.6. The van der Waals surface area contributed by atoms with Crippen LogP contribution < -0.4 is 0 Å². The molecule has 1 saturated heterocycles. The molecule has 0 saturated carbocycles. The molecule has 3 rings (SSSR count). The number of likely N-dealkylation sites (tertiary alicyclic amines) is 1. The van der Waals surface area contributed by atoms with E-state index in [1.807, 2.05) is 32.7 Å². The molecule has 5 nitrogen and oxygen atoms in total. The molecule has 1 atom stereocenters. The third kappa shape index (κ3) is 3.07. The Hall–Kier alpha value is -1.69. The molecule has 0 spiro atoms. The quantitative estimate of drug-likeness (QED) is 0.846. The van der Waals surface area contributed by atoms with Crippen LogP contribution in [0.2, 0.25) is 0 Å². The van der Waals surface area contributed by atoms with E-state index in [1.165, 1.54) is 0 Å². The molecule has 0 aromatic carbocycles. The van der Waals surface area contributed by atoms with Crippen molar-refractivity contribution in [3.8, 4) is 0 Å². The second-order valence-corrected chi connectivity index (χ2v) is 5.81. The number of carbonyl (C=O) groups is 1. The molecule has 0 aliphatic carbocycles. The van der Waals surface area contributed by atoms with Crippen molar-refractivity contribution in [1.29, 1.82) is 0 Å².